The molecule has 0 aliphatic heterocycles. The van der Waals surface area contributed by atoms with Gasteiger partial charge in [-0.15, -0.1) is 0 Å². The summed E-state index contributed by atoms with van der Waals surface area (Å²) in [4.78, 5) is 0. The fourth-order valence-corrected chi connectivity index (χ4v) is 19.1. The molecular weight excluding hydrogens is 613 g/mol. The molecule has 0 spiro atoms. The van der Waals surface area contributed by atoms with Gasteiger partial charge in [-0.2, -0.15) is 0 Å². The number of hydrogen-bond acceptors (Lipinski definition) is 4. The summed E-state index contributed by atoms with van der Waals surface area (Å²) in [7, 11) is 0. The molecule has 4 unspecified atom stereocenters. The molecular formula is C46H62N2O2. The highest BCUT2D eigenvalue weighted by Crippen LogP contribution is 2.74. The Kier molecular flexibility index (Phi) is 5.75. The molecule has 0 amide bonds. The number of benzene rings is 2. The lowest BCUT2D eigenvalue weighted by Crippen LogP contribution is -2.58. The highest BCUT2D eigenvalue weighted by Gasteiger charge is 2.64. The van der Waals surface area contributed by atoms with E-state index in [0.29, 0.717) is 56.4 Å². The van der Waals surface area contributed by atoms with Gasteiger partial charge in [0.25, 0.3) is 0 Å². The summed E-state index contributed by atoms with van der Waals surface area (Å²) >= 11 is 0. The minimum atomic E-state index is -0.202. The minimum absolute atomic E-state index is 0.00648. The number of aromatic hydroxyl groups is 2. The fourth-order valence-electron chi connectivity index (χ4n) is 19.1. The van der Waals surface area contributed by atoms with E-state index in [1.54, 1.807) is 0 Å². The largest absolute Gasteiger partial charge is 0.505 e. The molecule has 2 aromatic rings. The zero-order valence-corrected chi connectivity index (χ0v) is 31.3. The van der Waals surface area contributed by atoms with Crippen molar-refractivity contribution in [3.05, 3.63) is 46.5 Å². The van der Waals surface area contributed by atoms with Crippen LogP contribution in [0.5, 0.6) is 11.5 Å². The summed E-state index contributed by atoms with van der Waals surface area (Å²) in [5.74, 6) is 4.91. The molecule has 12 fully saturated rings. The molecule has 50 heavy (non-hydrogen) atoms. The van der Waals surface area contributed by atoms with E-state index in [2.05, 4.69) is 52.0 Å². The van der Waals surface area contributed by atoms with Crippen LogP contribution in [0.25, 0.3) is 0 Å². The van der Waals surface area contributed by atoms with Gasteiger partial charge in [-0.05, 0) is 190 Å². The maximum absolute atomic E-state index is 12.0. The Balaban J connectivity index is 1.12. The quantitative estimate of drug-likeness (QED) is 0.192. The molecule has 0 saturated heterocycles. The van der Waals surface area contributed by atoms with E-state index in [9.17, 15) is 10.2 Å². The Hall–Kier alpha value is -2.36. The van der Waals surface area contributed by atoms with Crippen LogP contribution in [-0.4, -0.2) is 10.2 Å². The molecule has 4 nitrogen and oxygen atoms in total. The lowest BCUT2D eigenvalue weighted by atomic mass is 9.38. The summed E-state index contributed by atoms with van der Waals surface area (Å²) in [6.07, 6.45) is 21.5. The van der Waals surface area contributed by atoms with Gasteiger partial charge in [-0.3, -0.25) is 0 Å². The predicted molar refractivity (Wildman–Crippen MR) is 201 cm³/mol. The predicted octanol–water partition coefficient (Wildman–Crippen LogP) is 10.5. The summed E-state index contributed by atoms with van der Waals surface area (Å²) in [5, 5.41) is 24.1. The Morgan fingerprint density at radius 3 is 1.18 bits per heavy atom. The van der Waals surface area contributed by atoms with Crippen LogP contribution in [-0.2, 0) is 16.2 Å². The van der Waals surface area contributed by atoms with Gasteiger partial charge in [-0.25, -0.2) is 0 Å². The maximum Gasteiger partial charge on any atom is 0.142 e. The Morgan fingerprint density at radius 2 is 0.840 bits per heavy atom. The van der Waals surface area contributed by atoms with Crippen LogP contribution < -0.4 is 11.5 Å². The summed E-state index contributed by atoms with van der Waals surface area (Å²) in [5.41, 5.74) is 21.4. The smallest absolute Gasteiger partial charge is 0.142 e. The first-order chi connectivity index (χ1) is 23.5. The monoisotopic (exact) mass is 674 g/mol. The number of nitrogens with two attached hydrogens (primary N) is 2. The Labute approximate surface area is 300 Å². The number of anilines is 2. The molecule has 12 bridgehead atoms. The van der Waals surface area contributed by atoms with Gasteiger partial charge in [0.1, 0.15) is 11.5 Å². The number of phenols is 2. The normalized spacial score (nSPS) is 51.9. The van der Waals surface area contributed by atoms with Gasteiger partial charge in [0, 0.05) is 27.4 Å². The van der Waals surface area contributed by atoms with Gasteiger partial charge in [0.2, 0.25) is 0 Å². The van der Waals surface area contributed by atoms with Crippen LogP contribution in [0.4, 0.5) is 11.4 Å². The van der Waals surface area contributed by atoms with E-state index in [1.807, 2.05) is 0 Å². The third-order valence-electron chi connectivity index (χ3n) is 18.1. The molecule has 268 valence electrons. The van der Waals surface area contributed by atoms with Crippen LogP contribution in [0.2, 0.25) is 0 Å². The molecule has 12 aliphatic carbocycles. The summed E-state index contributed by atoms with van der Waals surface area (Å²) in [6, 6.07) is 9.45. The zero-order valence-electron chi connectivity index (χ0n) is 31.3. The molecule has 4 heteroatoms. The number of hydrogen-bond donors (Lipinski definition) is 4. The van der Waals surface area contributed by atoms with Crippen LogP contribution in [0.3, 0.4) is 0 Å². The first kappa shape index (κ1) is 31.2. The minimum Gasteiger partial charge on any atom is -0.505 e. The SMILES string of the molecule is CC12CC3CC(C)(C1)CC(c1cc(C4(c5cc(N)c(O)c(C67CC8CC(C)(CC(C)(C8)C6)C7)c5)C5CC6CC(C5)CC4C6)cc(N)c1O)(C3)C2. The molecule has 12 aliphatic rings. The fraction of sp³-hybridized carbons (Fsp3) is 0.739. The zero-order chi connectivity index (χ0) is 34.4. The lowest BCUT2D eigenvalue weighted by Gasteiger charge is -2.66. The van der Waals surface area contributed by atoms with E-state index in [1.165, 1.54) is 120 Å². The third kappa shape index (κ3) is 3.96. The second kappa shape index (κ2) is 9.22. The number of rotatable bonds is 4. The lowest BCUT2D eigenvalue weighted by molar-refractivity contribution is -0.110. The molecule has 4 atom stereocenters. The number of phenolic OH excluding ortho intramolecular Hbond substituents is 2. The average molecular weight is 675 g/mol. The van der Waals surface area contributed by atoms with Gasteiger partial charge in [0.15, 0.2) is 0 Å². The second-order valence-electron chi connectivity index (χ2n) is 22.9. The van der Waals surface area contributed by atoms with Gasteiger partial charge >= 0.3 is 0 Å². The van der Waals surface area contributed by atoms with Crippen LogP contribution in [0.15, 0.2) is 24.3 Å². The van der Waals surface area contributed by atoms with Gasteiger partial charge in [-0.1, -0.05) is 39.8 Å². The maximum atomic E-state index is 12.0. The second-order valence-corrected chi connectivity index (χ2v) is 22.9. The molecule has 0 radical (unpaired) electrons. The highest BCUT2D eigenvalue weighted by atomic mass is 16.3. The van der Waals surface area contributed by atoms with Crippen LogP contribution >= 0.6 is 0 Å². The van der Waals surface area contributed by atoms with Crippen molar-refractivity contribution in [3.63, 3.8) is 0 Å². The van der Waals surface area contributed by atoms with Crippen molar-refractivity contribution < 1.29 is 10.2 Å². The van der Waals surface area contributed by atoms with Crippen molar-refractivity contribution in [3.8, 4) is 11.5 Å². The van der Waals surface area contributed by atoms with Crippen molar-refractivity contribution in [2.24, 2.45) is 57.2 Å². The number of nitrogen functional groups attached to an aromatic ring is 2. The molecule has 2 aromatic carbocycles. The van der Waals surface area contributed by atoms with Crippen LogP contribution in [0, 0.1) is 57.2 Å². The first-order valence-electron chi connectivity index (χ1n) is 20.8. The van der Waals surface area contributed by atoms with Crippen molar-refractivity contribution in [1.29, 1.82) is 0 Å². The standard InChI is InChI=1S/C46H62N2O2/c1-40-14-28-15-41(2,20-40)23-44(18-28,22-40)34-10-32(12-36(47)38(34)49)46(30-6-26-5-27(8-30)9-31(46)7-26)33-11-35(39(50)37(48)13-33)45-19-29-16-42(3,24-45)21-43(4,17-29)25-45/h10-13,26-31,49-50H,5-9,14-25,47-48H2,1-4H3. The molecule has 0 heterocycles. The van der Waals surface area contributed by atoms with E-state index in [4.69, 9.17) is 11.5 Å². The van der Waals surface area contributed by atoms with Crippen LogP contribution in [0.1, 0.15) is 159 Å². The summed E-state index contributed by atoms with van der Waals surface area (Å²) < 4.78 is 0. The summed E-state index contributed by atoms with van der Waals surface area (Å²) in [6.45, 7) is 10.2. The van der Waals surface area contributed by atoms with Gasteiger partial charge < -0.3 is 21.7 Å². The topological polar surface area (TPSA) is 92.5 Å². The molecule has 6 N–H and O–H groups in total. The first-order valence-corrected chi connectivity index (χ1v) is 20.8. The van der Waals surface area contributed by atoms with Crippen molar-refractivity contribution in [2.45, 2.75) is 153 Å². The Bertz CT molecular complexity index is 1660. The molecule has 0 aromatic heterocycles. The average Bonchev–Trinajstić information content (AvgIpc) is 2.96. The Morgan fingerprint density at radius 1 is 0.480 bits per heavy atom. The van der Waals surface area contributed by atoms with Crippen molar-refractivity contribution >= 4 is 11.4 Å². The van der Waals surface area contributed by atoms with Gasteiger partial charge in [0.05, 0.1) is 11.4 Å². The molecule has 14 rings (SSSR count). The van der Waals surface area contributed by atoms with Crippen molar-refractivity contribution in [2.75, 3.05) is 11.5 Å². The van der Waals surface area contributed by atoms with E-state index < -0.39 is 0 Å². The van der Waals surface area contributed by atoms with E-state index in [0.717, 1.165) is 34.8 Å². The van der Waals surface area contributed by atoms with Crippen molar-refractivity contribution in [1.82, 2.24) is 0 Å². The highest BCUT2D eigenvalue weighted by molar-refractivity contribution is 5.67. The molecule has 12 saturated carbocycles. The van der Waals surface area contributed by atoms with E-state index >= 15 is 0 Å². The third-order valence-corrected chi connectivity index (χ3v) is 18.1. The van der Waals surface area contributed by atoms with E-state index in [-0.39, 0.29) is 16.2 Å².